The number of nitrogens with zero attached hydrogens (tertiary/aromatic N) is 1. The van der Waals surface area contributed by atoms with Crippen LogP contribution in [0.4, 0.5) is 10.5 Å². The molecule has 184 valence electrons. The number of carbonyl (C=O) groups is 4. The van der Waals surface area contributed by atoms with Crippen molar-refractivity contribution in [3.63, 3.8) is 0 Å². The van der Waals surface area contributed by atoms with Gasteiger partial charge < -0.3 is 19.0 Å². The van der Waals surface area contributed by atoms with Crippen LogP contribution in [0, 0.1) is 6.92 Å². The van der Waals surface area contributed by atoms with Crippen LogP contribution in [0.3, 0.4) is 0 Å². The van der Waals surface area contributed by atoms with Gasteiger partial charge in [-0.05, 0) is 61.4 Å². The number of carboxylic acid groups (broad SMARTS) is 1. The summed E-state index contributed by atoms with van der Waals surface area (Å²) in [5.41, 5.74) is 1.32. The minimum atomic E-state index is -1.18. The van der Waals surface area contributed by atoms with E-state index in [1.165, 1.54) is 18.2 Å². The lowest BCUT2D eigenvalue weighted by Gasteiger charge is -2.27. The lowest BCUT2D eigenvalue weighted by atomic mass is 10.1. The van der Waals surface area contributed by atoms with Gasteiger partial charge in [-0.1, -0.05) is 24.3 Å². The first-order valence-corrected chi connectivity index (χ1v) is 11.0. The van der Waals surface area contributed by atoms with Crippen molar-refractivity contribution in [2.75, 3.05) is 11.5 Å². The summed E-state index contributed by atoms with van der Waals surface area (Å²) >= 11 is 0. The van der Waals surface area contributed by atoms with Gasteiger partial charge in [0, 0.05) is 0 Å². The number of furan rings is 1. The molecule has 0 saturated carbocycles. The highest BCUT2D eigenvalue weighted by molar-refractivity contribution is 6.39. The zero-order valence-corrected chi connectivity index (χ0v) is 19.4. The fourth-order valence-electron chi connectivity index (χ4n) is 3.58. The van der Waals surface area contributed by atoms with E-state index in [9.17, 15) is 19.2 Å². The first-order chi connectivity index (χ1) is 17.3. The standard InChI is InChI=1S/C26H22N2O8/c1-3-34-22-13-16(8-10-20(22)35-14-17-9-11-21(36-17)25(31)32)12-18-23(29)27-26(33)28(24(18)30)19-7-5-4-6-15(19)2/h4-13H,3,14H2,1-2H3,(H,31,32)(H,27,29,33). The van der Waals surface area contributed by atoms with Gasteiger partial charge in [-0.3, -0.25) is 14.9 Å². The van der Waals surface area contributed by atoms with E-state index >= 15 is 0 Å². The maximum atomic E-state index is 13.2. The molecule has 10 heteroatoms. The number of nitrogens with one attached hydrogen (secondary N) is 1. The molecule has 36 heavy (non-hydrogen) atoms. The quantitative estimate of drug-likeness (QED) is 0.358. The molecule has 1 fully saturated rings. The van der Waals surface area contributed by atoms with Crippen molar-refractivity contribution in [2.45, 2.75) is 20.5 Å². The number of carbonyl (C=O) groups excluding carboxylic acids is 3. The molecule has 0 radical (unpaired) electrons. The van der Waals surface area contributed by atoms with Crippen LogP contribution in [-0.2, 0) is 16.2 Å². The number of rotatable bonds is 8. The number of para-hydroxylation sites is 1. The van der Waals surface area contributed by atoms with Crippen LogP contribution < -0.4 is 19.7 Å². The zero-order valence-electron chi connectivity index (χ0n) is 19.4. The van der Waals surface area contributed by atoms with E-state index in [-0.39, 0.29) is 17.9 Å². The van der Waals surface area contributed by atoms with Crippen LogP contribution >= 0.6 is 0 Å². The number of aromatic carboxylic acids is 1. The number of hydrogen-bond donors (Lipinski definition) is 2. The third kappa shape index (κ3) is 4.97. The van der Waals surface area contributed by atoms with Crippen LogP contribution in [0.5, 0.6) is 11.5 Å². The number of hydrogen-bond acceptors (Lipinski definition) is 7. The number of amides is 4. The Morgan fingerprint density at radius 2 is 1.83 bits per heavy atom. The number of barbiturate groups is 1. The van der Waals surface area contributed by atoms with E-state index < -0.39 is 23.8 Å². The Balaban J connectivity index is 1.60. The first kappa shape index (κ1) is 24.3. The van der Waals surface area contributed by atoms with Crippen molar-refractivity contribution < 1.29 is 38.2 Å². The molecular formula is C26H22N2O8. The number of anilines is 1. The molecule has 2 aromatic carbocycles. The van der Waals surface area contributed by atoms with E-state index in [1.54, 1.807) is 56.3 Å². The van der Waals surface area contributed by atoms with Crippen molar-refractivity contribution in [1.29, 1.82) is 0 Å². The van der Waals surface area contributed by atoms with Gasteiger partial charge in [0.25, 0.3) is 11.8 Å². The molecule has 0 unspecified atom stereocenters. The minimum absolute atomic E-state index is 0.0395. The lowest BCUT2D eigenvalue weighted by molar-refractivity contribution is -0.122. The molecule has 1 aliphatic rings. The maximum absolute atomic E-state index is 13.2. The van der Waals surface area contributed by atoms with Crippen LogP contribution in [-0.4, -0.2) is 35.5 Å². The van der Waals surface area contributed by atoms with Gasteiger partial charge in [0.15, 0.2) is 11.5 Å². The summed E-state index contributed by atoms with van der Waals surface area (Å²) in [5, 5.41) is 11.2. The molecule has 2 heterocycles. The Hall–Kier alpha value is -4.86. The molecule has 0 aliphatic carbocycles. The summed E-state index contributed by atoms with van der Waals surface area (Å²) < 4.78 is 16.6. The molecule has 4 rings (SSSR count). The molecule has 0 atom stereocenters. The van der Waals surface area contributed by atoms with Gasteiger partial charge in [0.05, 0.1) is 12.3 Å². The Bertz CT molecular complexity index is 1390. The lowest BCUT2D eigenvalue weighted by Crippen LogP contribution is -2.54. The fourth-order valence-corrected chi connectivity index (χ4v) is 3.58. The summed E-state index contributed by atoms with van der Waals surface area (Å²) in [6, 6.07) is 13.7. The molecule has 2 N–H and O–H groups in total. The first-order valence-electron chi connectivity index (χ1n) is 11.0. The van der Waals surface area contributed by atoms with Gasteiger partial charge in [0.1, 0.15) is 17.9 Å². The highest BCUT2D eigenvalue weighted by Gasteiger charge is 2.37. The Morgan fingerprint density at radius 3 is 2.53 bits per heavy atom. The zero-order chi connectivity index (χ0) is 25.8. The molecular weight excluding hydrogens is 468 g/mol. The van der Waals surface area contributed by atoms with Crippen LogP contribution in [0.15, 0.2) is 64.6 Å². The SMILES string of the molecule is CCOc1cc(C=C2C(=O)NC(=O)N(c3ccccc3C)C2=O)ccc1OCc1ccc(C(=O)O)o1. The summed E-state index contributed by atoms with van der Waals surface area (Å²) in [6.45, 7) is 3.82. The summed E-state index contributed by atoms with van der Waals surface area (Å²) in [5.74, 6) is -1.93. The smallest absolute Gasteiger partial charge is 0.371 e. The van der Waals surface area contributed by atoms with Gasteiger partial charge in [-0.2, -0.15) is 0 Å². The van der Waals surface area contributed by atoms with Gasteiger partial charge >= 0.3 is 12.0 Å². The third-order valence-electron chi connectivity index (χ3n) is 5.28. The van der Waals surface area contributed by atoms with E-state index in [0.717, 1.165) is 4.90 Å². The van der Waals surface area contributed by atoms with E-state index in [1.807, 2.05) is 0 Å². The number of benzene rings is 2. The second kappa shape index (κ2) is 10.2. The van der Waals surface area contributed by atoms with Crippen molar-refractivity contribution in [3.05, 3.63) is 82.8 Å². The van der Waals surface area contributed by atoms with Gasteiger partial charge in [-0.25, -0.2) is 14.5 Å². The third-order valence-corrected chi connectivity index (χ3v) is 5.28. The monoisotopic (exact) mass is 490 g/mol. The second-order valence-electron chi connectivity index (χ2n) is 7.74. The molecule has 10 nitrogen and oxygen atoms in total. The Kier molecular flexibility index (Phi) is 6.86. The van der Waals surface area contributed by atoms with Gasteiger partial charge in [0.2, 0.25) is 5.76 Å². The van der Waals surface area contributed by atoms with E-state index in [0.29, 0.717) is 40.7 Å². The second-order valence-corrected chi connectivity index (χ2v) is 7.74. The minimum Gasteiger partial charge on any atom is -0.490 e. The number of imide groups is 2. The van der Waals surface area contributed by atoms with E-state index in [4.69, 9.17) is 19.0 Å². The molecule has 1 aliphatic heterocycles. The number of aryl methyl sites for hydroxylation is 1. The highest BCUT2D eigenvalue weighted by Crippen LogP contribution is 2.31. The predicted molar refractivity (Wildman–Crippen MR) is 128 cm³/mol. The molecule has 1 saturated heterocycles. The Morgan fingerprint density at radius 1 is 1.06 bits per heavy atom. The molecule has 0 spiro atoms. The average Bonchev–Trinajstić information content (AvgIpc) is 3.32. The Labute approximate surface area is 205 Å². The van der Waals surface area contributed by atoms with Crippen LogP contribution in [0.2, 0.25) is 0 Å². The summed E-state index contributed by atoms with van der Waals surface area (Å²) in [4.78, 5) is 50.0. The maximum Gasteiger partial charge on any atom is 0.371 e. The summed E-state index contributed by atoms with van der Waals surface area (Å²) in [6.07, 6.45) is 1.37. The molecule has 0 bridgehead atoms. The molecule has 3 aromatic rings. The van der Waals surface area contributed by atoms with Crippen molar-refractivity contribution in [2.24, 2.45) is 0 Å². The predicted octanol–water partition coefficient (Wildman–Crippen LogP) is 3.93. The normalized spacial score (nSPS) is 14.7. The van der Waals surface area contributed by atoms with E-state index in [2.05, 4.69) is 5.32 Å². The average molecular weight is 490 g/mol. The number of ether oxygens (including phenoxy) is 2. The highest BCUT2D eigenvalue weighted by atomic mass is 16.5. The number of urea groups is 1. The van der Waals surface area contributed by atoms with Crippen molar-refractivity contribution in [3.8, 4) is 11.5 Å². The summed E-state index contributed by atoms with van der Waals surface area (Å²) in [7, 11) is 0. The molecule has 1 aromatic heterocycles. The number of carboxylic acids is 1. The van der Waals surface area contributed by atoms with Crippen LogP contribution in [0.25, 0.3) is 6.08 Å². The van der Waals surface area contributed by atoms with Crippen molar-refractivity contribution >= 4 is 35.6 Å². The fraction of sp³-hybridized carbons (Fsp3) is 0.154. The largest absolute Gasteiger partial charge is 0.490 e. The van der Waals surface area contributed by atoms with Gasteiger partial charge in [-0.15, -0.1) is 0 Å². The van der Waals surface area contributed by atoms with Crippen LogP contribution in [0.1, 0.15) is 34.4 Å². The topological polar surface area (TPSA) is 135 Å². The molecule has 4 amide bonds. The van der Waals surface area contributed by atoms with Crippen molar-refractivity contribution in [1.82, 2.24) is 5.32 Å².